The van der Waals surface area contributed by atoms with Gasteiger partial charge in [-0.1, -0.05) is 50.6 Å². The molecular weight excluding hydrogens is 496 g/mol. The number of rotatable bonds is 12. The molecule has 0 saturated carbocycles. The predicted molar refractivity (Wildman–Crippen MR) is 149 cm³/mol. The van der Waals surface area contributed by atoms with Crippen molar-refractivity contribution in [3.05, 3.63) is 54.6 Å². The van der Waals surface area contributed by atoms with Crippen LogP contribution in [0.2, 0.25) is 0 Å². The van der Waals surface area contributed by atoms with Crippen LogP contribution in [0, 0.1) is 31.6 Å². The molecule has 1 spiro atoms. The van der Waals surface area contributed by atoms with Crippen LogP contribution >= 0.6 is 0 Å². The Labute approximate surface area is 231 Å². The highest BCUT2D eigenvalue weighted by atomic mass is 16.6. The Morgan fingerprint density at radius 3 is 2.56 bits per heavy atom. The van der Waals surface area contributed by atoms with Crippen LogP contribution in [0.25, 0.3) is 0 Å². The quantitative estimate of drug-likeness (QED) is 0.248. The van der Waals surface area contributed by atoms with Crippen molar-refractivity contribution < 1.29 is 29.0 Å². The molecule has 3 aliphatic heterocycles. The van der Waals surface area contributed by atoms with Crippen molar-refractivity contribution in [2.45, 2.75) is 77.2 Å². The second-order valence-electron chi connectivity index (χ2n) is 11.2. The van der Waals surface area contributed by atoms with Gasteiger partial charge >= 0.3 is 5.97 Å². The number of aliphatic hydroxyl groups is 1. The number of carbonyl (C=O) groups is 3. The Kier molecular flexibility index (Phi) is 8.66. The lowest BCUT2D eigenvalue weighted by Gasteiger charge is -2.41. The second kappa shape index (κ2) is 11.6. The third-order valence-electron chi connectivity index (χ3n) is 8.94. The Balaban J connectivity index is 1.83. The van der Waals surface area contributed by atoms with Gasteiger partial charge in [-0.25, -0.2) is 0 Å². The minimum atomic E-state index is -1.17. The molecule has 2 amide bonds. The summed E-state index contributed by atoms with van der Waals surface area (Å²) >= 11 is 0. The summed E-state index contributed by atoms with van der Waals surface area (Å²) in [7, 11) is 0. The maximum Gasteiger partial charge on any atom is 0.312 e. The zero-order valence-corrected chi connectivity index (χ0v) is 23.6. The van der Waals surface area contributed by atoms with Gasteiger partial charge in [-0.05, 0) is 50.2 Å². The predicted octanol–water partition coefficient (Wildman–Crippen LogP) is 3.72. The number of amides is 2. The average molecular weight is 539 g/mol. The van der Waals surface area contributed by atoms with Crippen LogP contribution in [0.5, 0.6) is 0 Å². The summed E-state index contributed by atoms with van der Waals surface area (Å²) in [4.78, 5) is 45.6. The summed E-state index contributed by atoms with van der Waals surface area (Å²) in [6.45, 7) is 15.5. The van der Waals surface area contributed by atoms with E-state index in [4.69, 9.17) is 9.47 Å². The summed E-state index contributed by atoms with van der Waals surface area (Å²) in [6, 6.07) is 4.26. The normalized spacial score (nSPS) is 28.6. The molecule has 3 heterocycles. The van der Waals surface area contributed by atoms with Crippen LogP contribution in [0.3, 0.4) is 0 Å². The van der Waals surface area contributed by atoms with Crippen molar-refractivity contribution in [2.24, 2.45) is 17.8 Å². The Morgan fingerprint density at radius 2 is 1.97 bits per heavy atom. The number of aryl methyl sites for hydroxylation is 2. The van der Waals surface area contributed by atoms with Crippen LogP contribution in [-0.4, -0.2) is 71.3 Å². The fourth-order valence-corrected chi connectivity index (χ4v) is 6.95. The SMILES string of the molecule is C=CCCOC(=O)[C@@H]1[C@@H]2CCC3(O2)C(C(=O)N(CC=C)c2c(C)cccc2C)N([C@@H](CO)[C@@H](C)CC)C(=O)[C@H]13. The largest absolute Gasteiger partial charge is 0.465 e. The van der Waals surface area contributed by atoms with E-state index < -0.39 is 41.6 Å². The van der Waals surface area contributed by atoms with E-state index in [9.17, 15) is 19.5 Å². The number of aliphatic hydroxyl groups excluding tert-OH is 1. The van der Waals surface area contributed by atoms with E-state index in [1.807, 2.05) is 45.9 Å². The third kappa shape index (κ3) is 4.72. The number of para-hydroxylation sites is 1. The molecule has 8 heteroatoms. The number of fused-ring (bicyclic) bond motifs is 1. The van der Waals surface area contributed by atoms with Crippen LogP contribution in [0.15, 0.2) is 43.5 Å². The monoisotopic (exact) mass is 538 g/mol. The Bertz CT molecular complexity index is 1110. The van der Waals surface area contributed by atoms with E-state index in [0.717, 1.165) is 16.8 Å². The van der Waals surface area contributed by atoms with Gasteiger partial charge in [-0.3, -0.25) is 14.4 Å². The minimum Gasteiger partial charge on any atom is -0.465 e. The summed E-state index contributed by atoms with van der Waals surface area (Å²) in [5.41, 5.74) is 1.46. The zero-order valence-electron chi connectivity index (χ0n) is 23.6. The average Bonchev–Trinajstić information content (AvgIpc) is 3.56. The van der Waals surface area contributed by atoms with Gasteiger partial charge in [0.05, 0.1) is 37.2 Å². The summed E-state index contributed by atoms with van der Waals surface area (Å²) in [5, 5.41) is 10.5. The number of esters is 1. The summed E-state index contributed by atoms with van der Waals surface area (Å²) in [6.07, 6.45) is 5.10. The van der Waals surface area contributed by atoms with Crippen LogP contribution in [-0.2, 0) is 23.9 Å². The van der Waals surface area contributed by atoms with E-state index in [2.05, 4.69) is 13.2 Å². The lowest BCUT2D eigenvalue weighted by atomic mass is 9.70. The fourth-order valence-electron chi connectivity index (χ4n) is 6.95. The highest BCUT2D eigenvalue weighted by molar-refractivity contribution is 6.05. The van der Waals surface area contributed by atoms with Crippen LogP contribution in [0.1, 0.15) is 50.7 Å². The Hall–Kier alpha value is -2.97. The van der Waals surface area contributed by atoms with Gasteiger partial charge in [0, 0.05) is 12.2 Å². The molecule has 8 nitrogen and oxygen atoms in total. The van der Waals surface area contributed by atoms with Crippen molar-refractivity contribution in [1.29, 1.82) is 0 Å². The molecule has 39 heavy (non-hydrogen) atoms. The van der Waals surface area contributed by atoms with Gasteiger partial charge in [0.2, 0.25) is 5.91 Å². The molecule has 4 rings (SSSR count). The highest BCUT2D eigenvalue weighted by Gasteiger charge is 2.75. The summed E-state index contributed by atoms with van der Waals surface area (Å²) < 4.78 is 12.1. The van der Waals surface area contributed by atoms with Gasteiger partial charge in [0.25, 0.3) is 5.91 Å². The highest BCUT2D eigenvalue weighted by Crippen LogP contribution is 2.59. The second-order valence-corrected chi connectivity index (χ2v) is 11.2. The van der Waals surface area contributed by atoms with E-state index >= 15 is 0 Å². The molecular formula is C31H42N2O6. The van der Waals surface area contributed by atoms with Crippen molar-refractivity contribution in [2.75, 3.05) is 24.7 Å². The first kappa shape index (κ1) is 29.0. The van der Waals surface area contributed by atoms with E-state index in [0.29, 0.717) is 25.7 Å². The molecule has 7 atom stereocenters. The lowest BCUT2D eigenvalue weighted by molar-refractivity contribution is -0.156. The smallest absolute Gasteiger partial charge is 0.312 e. The maximum atomic E-state index is 14.7. The molecule has 3 fully saturated rings. The first-order chi connectivity index (χ1) is 18.7. The van der Waals surface area contributed by atoms with E-state index in [1.165, 1.54) is 0 Å². The number of nitrogens with zero attached hydrogens (tertiary/aromatic N) is 2. The molecule has 3 aliphatic rings. The standard InChI is InChI=1S/C31H42N2O6/c1-7-10-17-38-30(37)24-23-14-15-31(39-23)25(24)28(35)33(22(18-34)19(4)9-3)27(31)29(36)32(16-8-2)26-20(5)12-11-13-21(26)6/h7-8,11-13,19,22-25,27,34H,1-2,9-10,14-18H2,3-6H3/t19-,22-,23-,24+,25-,27?,31?/m0/s1. The molecule has 1 aromatic carbocycles. The summed E-state index contributed by atoms with van der Waals surface area (Å²) in [5.74, 6) is -2.79. The number of benzene rings is 1. The third-order valence-corrected chi connectivity index (χ3v) is 8.94. The van der Waals surface area contributed by atoms with Crippen LogP contribution in [0.4, 0.5) is 5.69 Å². The number of hydrogen-bond donors (Lipinski definition) is 1. The van der Waals surface area contributed by atoms with Gasteiger partial charge in [-0.15, -0.1) is 13.2 Å². The molecule has 2 unspecified atom stereocenters. The minimum absolute atomic E-state index is 0.0762. The Morgan fingerprint density at radius 1 is 1.28 bits per heavy atom. The lowest BCUT2D eigenvalue weighted by Crippen LogP contribution is -2.60. The van der Waals surface area contributed by atoms with E-state index in [1.54, 1.807) is 22.0 Å². The van der Waals surface area contributed by atoms with E-state index in [-0.39, 0.29) is 37.5 Å². The molecule has 212 valence electrons. The number of anilines is 1. The van der Waals surface area contributed by atoms with Crippen molar-refractivity contribution in [1.82, 2.24) is 4.90 Å². The fraction of sp³-hybridized carbons (Fsp3) is 0.581. The molecule has 1 aromatic rings. The molecule has 0 radical (unpaired) electrons. The molecule has 2 bridgehead atoms. The number of hydrogen-bond acceptors (Lipinski definition) is 6. The van der Waals surface area contributed by atoms with Crippen LogP contribution < -0.4 is 4.90 Å². The maximum absolute atomic E-state index is 14.7. The topological polar surface area (TPSA) is 96.4 Å². The van der Waals surface area contributed by atoms with Gasteiger partial charge in [0.1, 0.15) is 11.6 Å². The molecule has 0 aromatic heterocycles. The van der Waals surface area contributed by atoms with Crippen molar-refractivity contribution in [3.8, 4) is 0 Å². The molecule has 3 saturated heterocycles. The number of carbonyl (C=O) groups excluding carboxylic acids is 3. The zero-order chi connectivity index (χ0) is 28.5. The molecule has 1 N–H and O–H groups in total. The molecule has 0 aliphatic carbocycles. The number of ether oxygens (including phenoxy) is 2. The number of likely N-dealkylation sites (tertiary alicyclic amines) is 1. The van der Waals surface area contributed by atoms with Gasteiger partial charge < -0.3 is 24.4 Å². The van der Waals surface area contributed by atoms with Gasteiger partial charge in [-0.2, -0.15) is 0 Å². The van der Waals surface area contributed by atoms with Gasteiger partial charge in [0.15, 0.2) is 0 Å². The van der Waals surface area contributed by atoms with Crippen molar-refractivity contribution in [3.63, 3.8) is 0 Å². The first-order valence-corrected chi connectivity index (χ1v) is 14.0. The van der Waals surface area contributed by atoms with Crippen molar-refractivity contribution >= 4 is 23.5 Å². The first-order valence-electron chi connectivity index (χ1n) is 14.0.